The van der Waals surface area contributed by atoms with Crippen LogP contribution in [0.2, 0.25) is 5.02 Å². The van der Waals surface area contributed by atoms with Crippen molar-refractivity contribution < 1.29 is 9.18 Å². The predicted molar refractivity (Wildman–Crippen MR) is 66.7 cm³/mol. The zero-order chi connectivity index (χ0) is 12.3. The lowest BCUT2D eigenvalue weighted by Crippen LogP contribution is -1.97. The largest absolute Gasteiger partial charge is 0.295 e. The predicted octanol–water partition coefficient (Wildman–Crippen LogP) is 4.09. The Labute approximate surface area is 105 Å². The number of hydrogen-bond acceptors (Lipinski definition) is 1. The Balaban J connectivity index is 2.20. The maximum Gasteiger partial charge on any atom is 0.155 e. The lowest BCUT2D eigenvalue weighted by Gasteiger charge is -2.07. The Morgan fingerprint density at radius 1 is 1.24 bits per heavy atom. The molecule has 0 N–H and O–H groups in total. The van der Waals surface area contributed by atoms with E-state index < -0.39 is 0 Å². The van der Waals surface area contributed by atoms with Crippen LogP contribution in [0.15, 0.2) is 29.8 Å². The van der Waals surface area contributed by atoms with Gasteiger partial charge in [-0.05, 0) is 43.4 Å². The molecule has 1 aromatic rings. The number of hydrogen-bond donors (Lipinski definition) is 0. The van der Waals surface area contributed by atoms with Crippen LogP contribution in [0.3, 0.4) is 0 Å². The summed E-state index contributed by atoms with van der Waals surface area (Å²) in [6, 6.07) is 4.99. The molecule has 90 valence electrons. The molecule has 0 saturated carbocycles. The normalized spacial score (nSPS) is 16.6. The number of rotatable bonds is 2. The molecular weight excluding hydrogens is 239 g/mol. The lowest BCUT2D eigenvalue weighted by molar-refractivity contribution is -0.114. The number of ketones is 1. The summed E-state index contributed by atoms with van der Waals surface area (Å²) in [4.78, 5) is 11.4. The van der Waals surface area contributed by atoms with Crippen molar-refractivity contribution in [1.29, 1.82) is 0 Å². The molecule has 0 aliphatic heterocycles. The van der Waals surface area contributed by atoms with Gasteiger partial charge < -0.3 is 0 Å². The van der Waals surface area contributed by atoms with E-state index in [0.29, 0.717) is 18.4 Å². The SMILES string of the molecule is O=C1C=C(Cc2cccc(Cl)c2F)CCCC1. The Kier molecular flexibility index (Phi) is 3.95. The molecule has 0 heterocycles. The van der Waals surface area contributed by atoms with E-state index in [1.807, 2.05) is 0 Å². The summed E-state index contributed by atoms with van der Waals surface area (Å²) < 4.78 is 13.7. The highest BCUT2D eigenvalue weighted by Crippen LogP contribution is 2.24. The van der Waals surface area contributed by atoms with E-state index in [2.05, 4.69) is 0 Å². The van der Waals surface area contributed by atoms with E-state index in [-0.39, 0.29) is 16.6 Å². The van der Waals surface area contributed by atoms with Crippen molar-refractivity contribution in [3.05, 3.63) is 46.3 Å². The van der Waals surface area contributed by atoms with Gasteiger partial charge in [0.05, 0.1) is 5.02 Å². The summed E-state index contributed by atoms with van der Waals surface area (Å²) in [5, 5.41) is 0.142. The van der Waals surface area contributed by atoms with Gasteiger partial charge in [0.2, 0.25) is 0 Å². The first-order valence-electron chi connectivity index (χ1n) is 5.82. The van der Waals surface area contributed by atoms with Crippen molar-refractivity contribution in [2.45, 2.75) is 32.1 Å². The van der Waals surface area contributed by atoms with Crippen molar-refractivity contribution in [3.63, 3.8) is 0 Å². The first-order valence-corrected chi connectivity index (χ1v) is 6.20. The summed E-state index contributed by atoms with van der Waals surface area (Å²) in [5.41, 5.74) is 1.58. The third-order valence-electron chi connectivity index (χ3n) is 2.99. The topological polar surface area (TPSA) is 17.1 Å². The Hall–Kier alpha value is -1.15. The summed E-state index contributed by atoms with van der Waals surface area (Å²) in [5.74, 6) is -0.216. The summed E-state index contributed by atoms with van der Waals surface area (Å²) in [6.07, 6.45) is 5.57. The summed E-state index contributed by atoms with van der Waals surface area (Å²) in [6.45, 7) is 0. The van der Waals surface area contributed by atoms with Crippen LogP contribution in [-0.4, -0.2) is 5.78 Å². The highest BCUT2D eigenvalue weighted by Gasteiger charge is 2.12. The van der Waals surface area contributed by atoms with Crippen LogP contribution in [0.4, 0.5) is 4.39 Å². The second-order valence-corrected chi connectivity index (χ2v) is 4.77. The molecule has 0 saturated heterocycles. The zero-order valence-electron chi connectivity index (χ0n) is 9.51. The number of halogens is 2. The summed E-state index contributed by atoms with van der Waals surface area (Å²) in [7, 11) is 0. The van der Waals surface area contributed by atoms with E-state index >= 15 is 0 Å². The maximum atomic E-state index is 13.7. The van der Waals surface area contributed by atoms with E-state index in [0.717, 1.165) is 24.8 Å². The van der Waals surface area contributed by atoms with Crippen molar-refractivity contribution in [2.75, 3.05) is 0 Å². The van der Waals surface area contributed by atoms with Gasteiger partial charge in [0.1, 0.15) is 5.82 Å². The molecule has 0 unspecified atom stereocenters. The standard InChI is InChI=1S/C14H14ClFO/c15-13-7-3-5-11(14(13)16)8-10-4-1-2-6-12(17)9-10/h3,5,7,9H,1-2,4,6,8H2. The molecule has 17 heavy (non-hydrogen) atoms. The van der Waals surface area contributed by atoms with Crippen molar-refractivity contribution >= 4 is 17.4 Å². The molecule has 0 spiro atoms. The van der Waals surface area contributed by atoms with Crippen LogP contribution in [0, 0.1) is 5.82 Å². The molecule has 0 bridgehead atoms. The van der Waals surface area contributed by atoms with Crippen molar-refractivity contribution in [3.8, 4) is 0 Å². The molecule has 3 heteroatoms. The molecule has 1 aromatic carbocycles. The molecule has 2 rings (SSSR count). The average molecular weight is 253 g/mol. The molecule has 1 aliphatic rings. The van der Waals surface area contributed by atoms with Gasteiger partial charge in [0.15, 0.2) is 5.78 Å². The second kappa shape index (κ2) is 5.46. The molecule has 0 amide bonds. The maximum absolute atomic E-state index is 13.7. The fraction of sp³-hybridized carbons (Fsp3) is 0.357. The van der Waals surface area contributed by atoms with E-state index in [1.165, 1.54) is 6.07 Å². The van der Waals surface area contributed by atoms with Crippen LogP contribution >= 0.6 is 11.6 Å². The molecule has 0 aromatic heterocycles. The fourth-order valence-electron chi connectivity index (χ4n) is 2.09. The van der Waals surface area contributed by atoms with Crippen LogP contribution in [0.25, 0.3) is 0 Å². The Bertz CT molecular complexity index is 465. The van der Waals surface area contributed by atoms with Gasteiger partial charge in [0.25, 0.3) is 0 Å². The number of carbonyl (C=O) groups excluding carboxylic acids is 1. The van der Waals surface area contributed by atoms with Crippen molar-refractivity contribution in [2.24, 2.45) is 0 Å². The Morgan fingerprint density at radius 3 is 2.82 bits per heavy atom. The molecule has 0 fully saturated rings. The highest BCUT2D eigenvalue weighted by atomic mass is 35.5. The minimum Gasteiger partial charge on any atom is -0.295 e. The zero-order valence-corrected chi connectivity index (χ0v) is 10.3. The lowest BCUT2D eigenvalue weighted by atomic mass is 10.0. The van der Waals surface area contributed by atoms with Gasteiger partial charge in [-0.15, -0.1) is 0 Å². The smallest absolute Gasteiger partial charge is 0.155 e. The average Bonchev–Trinajstić information content (AvgIpc) is 2.49. The third-order valence-corrected chi connectivity index (χ3v) is 3.28. The van der Waals surface area contributed by atoms with Crippen molar-refractivity contribution in [1.82, 2.24) is 0 Å². The van der Waals surface area contributed by atoms with Crippen LogP contribution in [0.1, 0.15) is 31.2 Å². The Morgan fingerprint density at radius 2 is 2.00 bits per heavy atom. The van der Waals surface area contributed by atoms with Gasteiger partial charge >= 0.3 is 0 Å². The first kappa shape index (κ1) is 12.3. The third kappa shape index (κ3) is 3.16. The first-order chi connectivity index (χ1) is 8.16. The van der Waals surface area contributed by atoms with Gasteiger partial charge in [0, 0.05) is 6.42 Å². The number of benzene rings is 1. The molecule has 0 atom stereocenters. The van der Waals surface area contributed by atoms with Crippen LogP contribution in [0.5, 0.6) is 0 Å². The number of allylic oxidation sites excluding steroid dienone is 2. The molecular formula is C14H14ClFO. The van der Waals surface area contributed by atoms with Gasteiger partial charge in [-0.2, -0.15) is 0 Å². The minimum absolute atomic E-state index is 0.142. The van der Waals surface area contributed by atoms with Crippen LogP contribution < -0.4 is 0 Å². The van der Waals surface area contributed by atoms with E-state index in [4.69, 9.17) is 11.6 Å². The molecule has 0 radical (unpaired) electrons. The summed E-state index contributed by atoms with van der Waals surface area (Å²) >= 11 is 5.73. The highest BCUT2D eigenvalue weighted by molar-refractivity contribution is 6.30. The monoisotopic (exact) mass is 252 g/mol. The number of carbonyl (C=O) groups is 1. The van der Waals surface area contributed by atoms with E-state index in [1.54, 1.807) is 18.2 Å². The molecule has 1 nitrogen and oxygen atoms in total. The quantitative estimate of drug-likeness (QED) is 0.775. The van der Waals surface area contributed by atoms with Gasteiger partial charge in [-0.3, -0.25) is 4.79 Å². The second-order valence-electron chi connectivity index (χ2n) is 4.37. The minimum atomic E-state index is -0.369. The van der Waals surface area contributed by atoms with Gasteiger partial charge in [-0.25, -0.2) is 4.39 Å². The van der Waals surface area contributed by atoms with Gasteiger partial charge in [-0.1, -0.05) is 29.3 Å². The van der Waals surface area contributed by atoms with E-state index in [9.17, 15) is 9.18 Å². The fourth-order valence-corrected chi connectivity index (χ4v) is 2.29. The van der Waals surface area contributed by atoms with Crippen LogP contribution in [-0.2, 0) is 11.2 Å². The molecule has 1 aliphatic carbocycles.